The van der Waals surface area contributed by atoms with Gasteiger partial charge in [-0.05, 0) is 43.9 Å². The van der Waals surface area contributed by atoms with Crippen LogP contribution in [0, 0.1) is 11.7 Å². The molecule has 0 amide bonds. The molecule has 19 heavy (non-hydrogen) atoms. The predicted octanol–water partition coefficient (Wildman–Crippen LogP) is 4.04. The Balaban J connectivity index is 2.62. The van der Waals surface area contributed by atoms with Crippen LogP contribution in [0.2, 0.25) is 0 Å². The molecule has 1 rings (SSSR count). The van der Waals surface area contributed by atoms with E-state index in [9.17, 15) is 9.50 Å². The van der Waals surface area contributed by atoms with Crippen molar-refractivity contribution in [2.45, 2.75) is 45.8 Å². The Hall–Kier alpha value is -0.450. The number of halogens is 2. The smallest absolute Gasteiger partial charge is 0.124 e. The Morgan fingerprint density at radius 3 is 2.53 bits per heavy atom. The Kier molecular flexibility index (Phi) is 5.96. The zero-order valence-corrected chi connectivity index (χ0v) is 13.6. The van der Waals surface area contributed by atoms with E-state index in [0.717, 1.165) is 16.5 Å². The molecule has 4 heteroatoms. The third-order valence-electron chi connectivity index (χ3n) is 3.07. The fourth-order valence-electron chi connectivity index (χ4n) is 2.29. The average Bonchev–Trinajstić information content (AvgIpc) is 2.24. The van der Waals surface area contributed by atoms with Gasteiger partial charge in [0.1, 0.15) is 5.82 Å². The highest BCUT2D eigenvalue weighted by Gasteiger charge is 2.22. The lowest BCUT2D eigenvalue weighted by molar-refractivity contribution is 0.0363. The van der Waals surface area contributed by atoms with Crippen LogP contribution in [-0.4, -0.2) is 17.3 Å². The second kappa shape index (κ2) is 6.82. The van der Waals surface area contributed by atoms with Gasteiger partial charge in [-0.15, -0.1) is 0 Å². The number of benzene rings is 1. The SMILES string of the molecule is CC(C)CC(C)(O)CNC(C)c1ccc(F)cc1Br. The van der Waals surface area contributed by atoms with Crippen molar-refractivity contribution in [2.75, 3.05) is 6.54 Å². The molecule has 2 N–H and O–H groups in total. The van der Waals surface area contributed by atoms with E-state index in [1.807, 2.05) is 13.8 Å². The van der Waals surface area contributed by atoms with E-state index < -0.39 is 5.60 Å². The van der Waals surface area contributed by atoms with Crippen LogP contribution in [0.25, 0.3) is 0 Å². The summed E-state index contributed by atoms with van der Waals surface area (Å²) in [6.07, 6.45) is 0.747. The summed E-state index contributed by atoms with van der Waals surface area (Å²) in [6, 6.07) is 4.71. The predicted molar refractivity (Wildman–Crippen MR) is 80.6 cm³/mol. The third-order valence-corrected chi connectivity index (χ3v) is 3.75. The molecule has 0 fully saturated rings. The highest BCUT2D eigenvalue weighted by molar-refractivity contribution is 9.10. The van der Waals surface area contributed by atoms with E-state index in [4.69, 9.17) is 0 Å². The van der Waals surface area contributed by atoms with E-state index in [-0.39, 0.29) is 11.9 Å². The molecule has 2 unspecified atom stereocenters. The molecule has 0 bridgehead atoms. The summed E-state index contributed by atoms with van der Waals surface area (Å²) in [5, 5.41) is 13.6. The summed E-state index contributed by atoms with van der Waals surface area (Å²) in [5.41, 5.74) is 0.260. The standard InChI is InChI=1S/C15H23BrFNO/c1-10(2)8-15(4,19)9-18-11(3)13-6-5-12(17)7-14(13)16/h5-7,10-11,18-19H,8-9H2,1-4H3. The van der Waals surface area contributed by atoms with Crippen LogP contribution in [-0.2, 0) is 0 Å². The van der Waals surface area contributed by atoms with E-state index in [0.29, 0.717) is 12.5 Å². The van der Waals surface area contributed by atoms with Crippen molar-refractivity contribution in [3.8, 4) is 0 Å². The lowest BCUT2D eigenvalue weighted by Gasteiger charge is -2.28. The maximum absolute atomic E-state index is 13.0. The van der Waals surface area contributed by atoms with Gasteiger partial charge >= 0.3 is 0 Å². The highest BCUT2D eigenvalue weighted by Crippen LogP contribution is 2.25. The van der Waals surface area contributed by atoms with Gasteiger partial charge in [0.05, 0.1) is 5.60 Å². The van der Waals surface area contributed by atoms with Gasteiger partial charge in [0.2, 0.25) is 0 Å². The first-order chi connectivity index (χ1) is 8.71. The Morgan fingerprint density at radius 1 is 1.37 bits per heavy atom. The van der Waals surface area contributed by atoms with Crippen molar-refractivity contribution in [2.24, 2.45) is 5.92 Å². The third kappa shape index (κ3) is 5.59. The molecule has 0 aromatic heterocycles. The van der Waals surface area contributed by atoms with Crippen LogP contribution in [0.4, 0.5) is 4.39 Å². The maximum atomic E-state index is 13.0. The molecule has 0 saturated heterocycles. The Bertz CT molecular complexity index is 421. The van der Waals surface area contributed by atoms with Crippen LogP contribution in [0.3, 0.4) is 0 Å². The van der Waals surface area contributed by atoms with Crippen LogP contribution in [0.5, 0.6) is 0 Å². The van der Waals surface area contributed by atoms with Gasteiger partial charge in [-0.1, -0.05) is 35.8 Å². The quantitative estimate of drug-likeness (QED) is 0.824. The zero-order valence-electron chi connectivity index (χ0n) is 12.0. The molecule has 1 aromatic rings. The summed E-state index contributed by atoms with van der Waals surface area (Å²) >= 11 is 3.37. The van der Waals surface area contributed by atoms with Gasteiger partial charge in [-0.2, -0.15) is 0 Å². The topological polar surface area (TPSA) is 32.3 Å². The number of hydrogen-bond donors (Lipinski definition) is 2. The summed E-state index contributed by atoms with van der Waals surface area (Å²) < 4.78 is 13.8. The van der Waals surface area contributed by atoms with Crippen LogP contribution < -0.4 is 5.32 Å². The van der Waals surface area contributed by atoms with Crippen LogP contribution in [0.1, 0.15) is 45.7 Å². The van der Waals surface area contributed by atoms with Gasteiger partial charge in [0.15, 0.2) is 0 Å². The maximum Gasteiger partial charge on any atom is 0.124 e. The summed E-state index contributed by atoms with van der Waals surface area (Å²) in [7, 11) is 0. The van der Waals surface area contributed by atoms with Gasteiger partial charge in [-0.25, -0.2) is 4.39 Å². The molecule has 0 spiro atoms. The van der Waals surface area contributed by atoms with Gasteiger partial charge < -0.3 is 10.4 Å². The van der Waals surface area contributed by atoms with E-state index >= 15 is 0 Å². The van der Waals surface area contributed by atoms with Crippen molar-refractivity contribution < 1.29 is 9.50 Å². The van der Waals surface area contributed by atoms with E-state index in [1.165, 1.54) is 12.1 Å². The van der Waals surface area contributed by atoms with Crippen molar-refractivity contribution >= 4 is 15.9 Å². The largest absolute Gasteiger partial charge is 0.389 e. The molecule has 0 aliphatic heterocycles. The van der Waals surface area contributed by atoms with Gasteiger partial charge in [-0.3, -0.25) is 0 Å². The van der Waals surface area contributed by atoms with Crippen molar-refractivity contribution in [3.05, 3.63) is 34.1 Å². The fourth-order valence-corrected chi connectivity index (χ4v) is 2.98. The van der Waals surface area contributed by atoms with Gasteiger partial charge in [0.25, 0.3) is 0 Å². The summed E-state index contributed by atoms with van der Waals surface area (Å²) in [6.45, 7) is 8.54. The molecule has 2 atom stereocenters. The monoisotopic (exact) mass is 331 g/mol. The first-order valence-corrected chi connectivity index (χ1v) is 7.41. The second-order valence-electron chi connectivity index (χ2n) is 5.86. The molecule has 0 radical (unpaired) electrons. The molecule has 0 saturated carbocycles. The number of rotatable bonds is 6. The van der Waals surface area contributed by atoms with E-state index in [2.05, 4.69) is 35.1 Å². The van der Waals surface area contributed by atoms with E-state index in [1.54, 1.807) is 6.07 Å². The minimum atomic E-state index is -0.727. The zero-order chi connectivity index (χ0) is 14.6. The fraction of sp³-hybridized carbons (Fsp3) is 0.600. The van der Waals surface area contributed by atoms with Crippen LogP contribution in [0.15, 0.2) is 22.7 Å². The van der Waals surface area contributed by atoms with Crippen LogP contribution >= 0.6 is 15.9 Å². The molecule has 0 aliphatic rings. The number of nitrogens with one attached hydrogen (secondary N) is 1. The number of hydrogen-bond acceptors (Lipinski definition) is 2. The second-order valence-corrected chi connectivity index (χ2v) is 6.72. The lowest BCUT2D eigenvalue weighted by Crippen LogP contribution is -2.39. The van der Waals surface area contributed by atoms with Crippen molar-refractivity contribution in [3.63, 3.8) is 0 Å². The summed E-state index contributed by atoms with van der Waals surface area (Å²) in [4.78, 5) is 0. The minimum Gasteiger partial charge on any atom is -0.389 e. The van der Waals surface area contributed by atoms with Crippen molar-refractivity contribution in [1.29, 1.82) is 0 Å². The molecule has 108 valence electrons. The molecule has 0 heterocycles. The average molecular weight is 332 g/mol. The lowest BCUT2D eigenvalue weighted by atomic mass is 9.94. The number of aliphatic hydroxyl groups is 1. The normalized spacial score (nSPS) is 16.4. The molecule has 1 aromatic carbocycles. The van der Waals surface area contributed by atoms with Gasteiger partial charge in [0, 0.05) is 17.1 Å². The van der Waals surface area contributed by atoms with Crippen molar-refractivity contribution in [1.82, 2.24) is 5.32 Å². The minimum absolute atomic E-state index is 0.0496. The molecular formula is C15H23BrFNO. The first kappa shape index (κ1) is 16.6. The molecule has 2 nitrogen and oxygen atoms in total. The highest BCUT2D eigenvalue weighted by atomic mass is 79.9. The summed E-state index contributed by atoms with van der Waals surface area (Å²) in [5.74, 6) is 0.194. The molecule has 0 aliphatic carbocycles. The Labute approximate surface area is 123 Å². The Morgan fingerprint density at radius 2 is 2.00 bits per heavy atom. The first-order valence-electron chi connectivity index (χ1n) is 6.62. The molecular weight excluding hydrogens is 309 g/mol.